The molecule has 0 aliphatic rings. The van der Waals surface area contributed by atoms with Gasteiger partial charge in [-0.05, 0) is 32.0 Å². The van der Waals surface area contributed by atoms with Crippen LogP contribution in [0.3, 0.4) is 0 Å². The van der Waals surface area contributed by atoms with Crippen molar-refractivity contribution >= 4 is 12.3 Å². The van der Waals surface area contributed by atoms with Gasteiger partial charge in [-0.3, -0.25) is 9.59 Å². The minimum absolute atomic E-state index is 0.00224. The van der Waals surface area contributed by atoms with Crippen LogP contribution < -0.4 is 4.74 Å². The molecule has 0 atom stereocenters. The number of carbonyl (C=O) groups excluding carboxylic acids is 2. The van der Waals surface area contributed by atoms with Crippen LogP contribution >= 0.6 is 0 Å². The number of benzene rings is 1. The Morgan fingerprint density at radius 1 is 1.44 bits per heavy atom. The Hall–Kier alpha value is -1.91. The summed E-state index contributed by atoms with van der Waals surface area (Å²) in [5.41, 5.74) is -0.642. The lowest BCUT2D eigenvalue weighted by molar-refractivity contribution is -0.152. The van der Waals surface area contributed by atoms with E-state index in [1.807, 2.05) is 0 Å². The Morgan fingerprint density at radius 2 is 2.11 bits per heavy atom. The van der Waals surface area contributed by atoms with Gasteiger partial charge >= 0.3 is 5.97 Å². The average molecular weight is 254 g/mol. The van der Waals surface area contributed by atoms with Crippen molar-refractivity contribution in [3.8, 4) is 5.75 Å². The third-order valence-electron chi connectivity index (χ3n) is 2.42. The standard InChI is InChI=1S/C13H15FO4/c1-13(2,12(16)17-3)8-18-11-5-4-9(7-15)6-10(11)14/h4-7H,8H2,1-3H3. The molecule has 0 radical (unpaired) electrons. The van der Waals surface area contributed by atoms with Gasteiger partial charge in [-0.25, -0.2) is 4.39 Å². The minimum Gasteiger partial charge on any atom is -0.489 e. The Kier molecular flexibility index (Phi) is 4.42. The summed E-state index contributed by atoms with van der Waals surface area (Å²) in [6.45, 7) is 3.25. The first-order valence-corrected chi connectivity index (χ1v) is 5.36. The van der Waals surface area contributed by atoms with Gasteiger partial charge in [0.2, 0.25) is 0 Å². The monoisotopic (exact) mass is 254 g/mol. The summed E-state index contributed by atoms with van der Waals surface area (Å²) in [4.78, 5) is 21.8. The molecule has 0 aliphatic heterocycles. The van der Waals surface area contributed by atoms with Crippen LogP contribution in [0.5, 0.6) is 5.75 Å². The highest BCUT2D eigenvalue weighted by atomic mass is 19.1. The predicted octanol–water partition coefficient (Wildman–Crippen LogP) is 2.22. The molecule has 0 aromatic heterocycles. The van der Waals surface area contributed by atoms with Crippen LogP contribution in [0.25, 0.3) is 0 Å². The lowest BCUT2D eigenvalue weighted by Gasteiger charge is -2.21. The van der Waals surface area contributed by atoms with Crippen LogP contribution in [-0.4, -0.2) is 26.0 Å². The van der Waals surface area contributed by atoms with Gasteiger partial charge in [0.25, 0.3) is 0 Å². The molecular formula is C13H15FO4. The van der Waals surface area contributed by atoms with Crippen LogP contribution in [0, 0.1) is 11.2 Å². The van der Waals surface area contributed by atoms with Crippen LogP contribution in [0.2, 0.25) is 0 Å². The molecule has 0 fully saturated rings. The molecule has 0 bridgehead atoms. The number of carbonyl (C=O) groups is 2. The number of rotatable bonds is 5. The van der Waals surface area contributed by atoms with Crippen molar-refractivity contribution < 1.29 is 23.5 Å². The van der Waals surface area contributed by atoms with Crippen molar-refractivity contribution in [1.82, 2.24) is 0 Å². The Balaban J connectivity index is 2.75. The van der Waals surface area contributed by atoms with Gasteiger partial charge in [0, 0.05) is 5.56 Å². The van der Waals surface area contributed by atoms with Crippen molar-refractivity contribution in [3.05, 3.63) is 29.6 Å². The zero-order valence-electron chi connectivity index (χ0n) is 10.5. The molecule has 0 aliphatic carbocycles. The maximum Gasteiger partial charge on any atom is 0.314 e. The van der Waals surface area contributed by atoms with E-state index in [0.717, 1.165) is 6.07 Å². The fraction of sp³-hybridized carbons (Fsp3) is 0.385. The summed E-state index contributed by atoms with van der Waals surface area (Å²) in [6, 6.07) is 3.87. The quantitative estimate of drug-likeness (QED) is 0.597. The molecule has 0 N–H and O–H groups in total. The SMILES string of the molecule is COC(=O)C(C)(C)COc1ccc(C=O)cc1F. The van der Waals surface area contributed by atoms with Crippen molar-refractivity contribution in [2.45, 2.75) is 13.8 Å². The molecule has 4 nitrogen and oxygen atoms in total. The summed E-state index contributed by atoms with van der Waals surface area (Å²) < 4.78 is 23.3. The van der Waals surface area contributed by atoms with Crippen LogP contribution in [0.4, 0.5) is 4.39 Å². The van der Waals surface area contributed by atoms with Crippen molar-refractivity contribution in [3.63, 3.8) is 0 Å². The first kappa shape index (κ1) is 14.2. The van der Waals surface area contributed by atoms with E-state index >= 15 is 0 Å². The molecule has 98 valence electrons. The molecule has 0 saturated carbocycles. The van der Waals surface area contributed by atoms with Gasteiger partial charge < -0.3 is 9.47 Å². The molecular weight excluding hydrogens is 239 g/mol. The molecule has 0 saturated heterocycles. The number of hydrogen-bond acceptors (Lipinski definition) is 4. The van der Waals surface area contributed by atoms with Crippen LogP contribution in [0.1, 0.15) is 24.2 Å². The van der Waals surface area contributed by atoms with E-state index in [0.29, 0.717) is 6.29 Å². The zero-order chi connectivity index (χ0) is 13.8. The number of ether oxygens (including phenoxy) is 2. The summed E-state index contributed by atoms with van der Waals surface area (Å²) in [5, 5.41) is 0. The summed E-state index contributed by atoms with van der Waals surface area (Å²) in [7, 11) is 1.28. The van der Waals surface area contributed by atoms with E-state index in [2.05, 4.69) is 4.74 Å². The fourth-order valence-electron chi connectivity index (χ4n) is 1.30. The topological polar surface area (TPSA) is 52.6 Å². The highest BCUT2D eigenvalue weighted by molar-refractivity contribution is 5.76. The highest BCUT2D eigenvalue weighted by Crippen LogP contribution is 2.22. The predicted molar refractivity (Wildman–Crippen MR) is 63.1 cm³/mol. The van der Waals surface area contributed by atoms with E-state index in [4.69, 9.17) is 4.74 Å². The molecule has 5 heteroatoms. The van der Waals surface area contributed by atoms with Gasteiger partial charge in [-0.2, -0.15) is 0 Å². The summed E-state index contributed by atoms with van der Waals surface area (Å²) in [6.07, 6.45) is 0.547. The lowest BCUT2D eigenvalue weighted by Crippen LogP contribution is -2.32. The molecule has 0 unspecified atom stereocenters. The third-order valence-corrected chi connectivity index (χ3v) is 2.42. The Labute approximate surface area is 105 Å². The van der Waals surface area contributed by atoms with Crippen LogP contribution in [-0.2, 0) is 9.53 Å². The van der Waals surface area contributed by atoms with Gasteiger partial charge in [-0.1, -0.05) is 0 Å². The maximum absolute atomic E-state index is 13.5. The Morgan fingerprint density at radius 3 is 2.61 bits per heavy atom. The number of hydrogen-bond donors (Lipinski definition) is 0. The molecule has 1 rings (SSSR count). The smallest absolute Gasteiger partial charge is 0.314 e. The Bertz CT molecular complexity index is 454. The third kappa shape index (κ3) is 3.29. The van der Waals surface area contributed by atoms with E-state index < -0.39 is 17.2 Å². The minimum atomic E-state index is -0.871. The van der Waals surface area contributed by atoms with E-state index in [1.54, 1.807) is 13.8 Å². The molecule has 1 aromatic rings. The van der Waals surface area contributed by atoms with Crippen LogP contribution in [0.15, 0.2) is 18.2 Å². The molecule has 0 amide bonds. The van der Waals surface area contributed by atoms with E-state index in [-0.39, 0.29) is 17.9 Å². The normalized spacial score (nSPS) is 10.9. The second kappa shape index (κ2) is 5.62. The van der Waals surface area contributed by atoms with Gasteiger partial charge in [0.15, 0.2) is 11.6 Å². The lowest BCUT2D eigenvalue weighted by atomic mass is 9.95. The fourth-order valence-corrected chi connectivity index (χ4v) is 1.30. The van der Waals surface area contributed by atoms with Crippen molar-refractivity contribution in [2.75, 3.05) is 13.7 Å². The van der Waals surface area contributed by atoms with E-state index in [1.165, 1.54) is 19.2 Å². The van der Waals surface area contributed by atoms with Gasteiger partial charge in [0.05, 0.1) is 12.5 Å². The molecule has 0 spiro atoms. The van der Waals surface area contributed by atoms with Gasteiger partial charge in [0.1, 0.15) is 12.9 Å². The second-order valence-corrected chi connectivity index (χ2v) is 4.47. The van der Waals surface area contributed by atoms with E-state index in [9.17, 15) is 14.0 Å². The zero-order valence-corrected chi connectivity index (χ0v) is 10.5. The number of halogens is 1. The largest absolute Gasteiger partial charge is 0.489 e. The van der Waals surface area contributed by atoms with Gasteiger partial charge in [-0.15, -0.1) is 0 Å². The maximum atomic E-state index is 13.5. The summed E-state index contributed by atoms with van der Waals surface area (Å²) in [5.74, 6) is -1.08. The highest BCUT2D eigenvalue weighted by Gasteiger charge is 2.30. The first-order chi connectivity index (χ1) is 8.40. The number of methoxy groups -OCH3 is 1. The van der Waals surface area contributed by atoms with Crippen molar-refractivity contribution in [1.29, 1.82) is 0 Å². The molecule has 18 heavy (non-hydrogen) atoms. The second-order valence-electron chi connectivity index (χ2n) is 4.47. The number of aldehydes is 1. The van der Waals surface area contributed by atoms with Crippen molar-refractivity contribution in [2.24, 2.45) is 5.41 Å². The number of esters is 1. The first-order valence-electron chi connectivity index (χ1n) is 5.36. The molecule has 1 aromatic carbocycles. The summed E-state index contributed by atoms with van der Waals surface area (Å²) >= 11 is 0. The molecule has 0 heterocycles. The average Bonchev–Trinajstić information content (AvgIpc) is 2.36.